The summed E-state index contributed by atoms with van der Waals surface area (Å²) in [5.74, 6) is 0.534. The Morgan fingerprint density at radius 3 is 2.77 bits per heavy atom. The van der Waals surface area contributed by atoms with Crippen molar-refractivity contribution in [2.75, 3.05) is 13.1 Å². The lowest BCUT2D eigenvalue weighted by Crippen LogP contribution is -2.47. The molecule has 0 aromatic heterocycles. The standard InChI is InChI=1S/C18H26N2O2/c1-4-11-20-16(21)12-14-7-5-6-8-15(14)17(20)18(22)19-10-9-13(2)3/h5-8,13,17H,4,9-12H2,1-3H3,(H,19,22)/t17-/m0/s1. The molecule has 1 N–H and O–H groups in total. The summed E-state index contributed by atoms with van der Waals surface area (Å²) < 4.78 is 0. The van der Waals surface area contributed by atoms with E-state index in [0.717, 1.165) is 24.0 Å². The van der Waals surface area contributed by atoms with E-state index < -0.39 is 6.04 Å². The molecular formula is C18H26N2O2. The van der Waals surface area contributed by atoms with Crippen LogP contribution in [0.1, 0.15) is 50.8 Å². The topological polar surface area (TPSA) is 49.4 Å². The molecule has 0 radical (unpaired) electrons. The third-order valence-electron chi connectivity index (χ3n) is 4.06. The van der Waals surface area contributed by atoms with Gasteiger partial charge >= 0.3 is 0 Å². The molecular weight excluding hydrogens is 276 g/mol. The second kappa shape index (κ2) is 7.43. The molecule has 4 nitrogen and oxygen atoms in total. The summed E-state index contributed by atoms with van der Waals surface area (Å²) in [6.45, 7) is 7.57. The maximum Gasteiger partial charge on any atom is 0.247 e. The Kier molecular flexibility index (Phi) is 5.58. The maximum absolute atomic E-state index is 12.7. The van der Waals surface area contributed by atoms with Crippen LogP contribution in [0.5, 0.6) is 0 Å². The number of nitrogens with one attached hydrogen (secondary N) is 1. The van der Waals surface area contributed by atoms with E-state index in [1.165, 1.54) is 0 Å². The van der Waals surface area contributed by atoms with Gasteiger partial charge in [0.15, 0.2) is 0 Å². The molecule has 1 aliphatic rings. The van der Waals surface area contributed by atoms with Gasteiger partial charge < -0.3 is 10.2 Å². The highest BCUT2D eigenvalue weighted by atomic mass is 16.2. The molecule has 1 aromatic rings. The molecule has 1 atom stereocenters. The van der Waals surface area contributed by atoms with Crippen LogP contribution in [0.25, 0.3) is 0 Å². The van der Waals surface area contributed by atoms with E-state index >= 15 is 0 Å². The van der Waals surface area contributed by atoms with E-state index in [9.17, 15) is 9.59 Å². The third-order valence-corrected chi connectivity index (χ3v) is 4.06. The van der Waals surface area contributed by atoms with Crippen LogP contribution in [0.2, 0.25) is 0 Å². The minimum Gasteiger partial charge on any atom is -0.354 e. The van der Waals surface area contributed by atoms with Crippen LogP contribution in [-0.4, -0.2) is 29.8 Å². The summed E-state index contributed by atoms with van der Waals surface area (Å²) in [5.41, 5.74) is 1.95. The van der Waals surface area contributed by atoms with Crippen LogP contribution in [0, 0.1) is 5.92 Å². The van der Waals surface area contributed by atoms with Crippen LogP contribution >= 0.6 is 0 Å². The Hall–Kier alpha value is -1.84. The molecule has 2 rings (SSSR count). The summed E-state index contributed by atoms with van der Waals surface area (Å²) in [4.78, 5) is 26.8. The van der Waals surface area contributed by atoms with Crippen LogP contribution in [0.15, 0.2) is 24.3 Å². The van der Waals surface area contributed by atoms with Crippen LogP contribution in [-0.2, 0) is 16.0 Å². The van der Waals surface area contributed by atoms with Crippen molar-refractivity contribution in [3.63, 3.8) is 0 Å². The highest BCUT2D eigenvalue weighted by Gasteiger charge is 2.36. The molecule has 0 saturated heterocycles. The van der Waals surface area contributed by atoms with Gasteiger partial charge in [-0.2, -0.15) is 0 Å². The van der Waals surface area contributed by atoms with Gasteiger partial charge in [0.1, 0.15) is 6.04 Å². The maximum atomic E-state index is 12.7. The van der Waals surface area contributed by atoms with Crippen molar-refractivity contribution >= 4 is 11.8 Å². The summed E-state index contributed by atoms with van der Waals surface area (Å²) in [7, 11) is 0. The van der Waals surface area contributed by atoms with Gasteiger partial charge in [-0.15, -0.1) is 0 Å². The predicted octanol–water partition coefficient (Wildman–Crippen LogP) is 2.68. The number of benzene rings is 1. The Balaban J connectivity index is 2.22. The van der Waals surface area contributed by atoms with Crippen LogP contribution in [0.4, 0.5) is 0 Å². The van der Waals surface area contributed by atoms with E-state index in [2.05, 4.69) is 19.2 Å². The SMILES string of the molecule is CCCN1C(=O)Cc2ccccc2[C@H]1C(=O)NCCC(C)C. The van der Waals surface area contributed by atoms with E-state index in [1.807, 2.05) is 31.2 Å². The largest absolute Gasteiger partial charge is 0.354 e. The second-order valence-corrected chi connectivity index (χ2v) is 6.34. The van der Waals surface area contributed by atoms with Gasteiger partial charge in [0.05, 0.1) is 6.42 Å². The van der Waals surface area contributed by atoms with Gasteiger partial charge in [-0.05, 0) is 29.9 Å². The average molecular weight is 302 g/mol. The molecule has 0 saturated carbocycles. The lowest BCUT2D eigenvalue weighted by Gasteiger charge is -2.36. The number of carbonyl (C=O) groups excluding carboxylic acids is 2. The molecule has 1 aliphatic heterocycles. The second-order valence-electron chi connectivity index (χ2n) is 6.34. The molecule has 22 heavy (non-hydrogen) atoms. The summed E-state index contributed by atoms with van der Waals surface area (Å²) in [6, 6.07) is 7.30. The number of amides is 2. The highest BCUT2D eigenvalue weighted by Crippen LogP contribution is 2.30. The minimum absolute atomic E-state index is 0.0459. The van der Waals surface area contributed by atoms with Crippen molar-refractivity contribution in [2.24, 2.45) is 5.92 Å². The molecule has 2 amide bonds. The number of hydrogen-bond donors (Lipinski definition) is 1. The Labute approximate surface area is 132 Å². The van der Waals surface area contributed by atoms with E-state index in [-0.39, 0.29) is 11.8 Å². The number of fused-ring (bicyclic) bond motifs is 1. The van der Waals surface area contributed by atoms with Crippen molar-refractivity contribution in [1.29, 1.82) is 0 Å². The Morgan fingerprint density at radius 1 is 1.36 bits per heavy atom. The number of hydrogen-bond acceptors (Lipinski definition) is 2. The molecule has 1 aromatic carbocycles. The number of carbonyl (C=O) groups is 2. The first-order valence-electron chi connectivity index (χ1n) is 8.19. The first kappa shape index (κ1) is 16.5. The van der Waals surface area contributed by atoms with Crippen LogP contribution in [0.3, 0.4) is 0 Å². The normalized spacial score (nSPS) is 17.5. The van der Waals surface area contributed by atoms with Gasteiger partial charge in [-0.3, -0.25) is 9.59 Å². The fraction of sp³-hybridized carbons (Fsp3) is 0.556. The zero-order chi connectivity index (χ0) is 16.1. The zero-order valence-electron chi connectivity index (χ0n) is 13.8. The quantitative estimate of drug-likeness (QED) is 0.878. The fourth-order valence-corrected chi connectivity index (χ4v) is 2.90. The molecule has 0 fully saturated rings. The molecule has 4 heteroatoms. The summed E-state index contributed by atoms with van der Waals surface area (Å²) in [6.07, 6.45) is 2.19. The Bertz CT molecular complexity index is 540. The molecule has 0 unspecified atom stereocenters. The van der Waals surface area contributed by atoms with Crippen molar-refractivity contribution < 1.29 is 9.59 Å². The smallest absolute Gasteiger partial charge is 0.247 e. The van der Waals surface area contributed by atoms with Crippen molar-refractivity contribution in [2.45, 2.75) is 46.1 Å². The lowest BCUT2D eigenvalue weighted by molar-refractivity contribution is -0.141. The van der Waals surface area contributed by atoms with Gasteiger partial charge in [0.25, 0.3) is 0 Å². The predicted molar refractivity (Wildman–Crippen MR) is 87.4 cm³/mol. The van der Waals surface area contributed by atoms with Gasteiger partial charge in [-0.25, -0.2) is 0 Å². The number of rotatable bonds is 6. The Morgan fingerprint density at radius 2 is 2.09 bits per heavy atom. The minimum atomic E-state index is -0.482. The molecule has 0 aliphatic carbocycles. The molecule has 120 valence electrons. The van der Waals surface area contributed by atoms with Gasteiger partial charge in [0.2, 0.25) is 11.8 Å². The molecule has 0 bridgehead atoms. The first-order chi connectivity index (χ1) is 10.5. The van der Waals surface area contributed by atoms with Gasteiger partial charge in [-0.1, -0.05) is 45.0 Å². The number of nitrogens with zero attached hydrogens (tertiary/aromatic N) is 1. The van der Waals surface area contributed by atoms with E-state index in [4.69, 9.17) is 0 Å². The average Bonchev–Trinajstić information content (AvgIpc) is 2.47. The van der Waals surface area contributed by atoms with Crippen molar-refractivity contribution in [3.8, 4) is 0 Å². The fourth-order valence-electron chi connectivity index (χ4n) is 2.90. The summed E-state index contributed by atoms with van der Waals surface area (Å²) in [5, 5.41) is 3.00. The zero-order valence-corrected chi connectivity index (χ0v) is 13.8. The third kappa shape index (κ3) is 3.67. The first-order valence-corrected chi connectivity index (χ1v) is 8.19. The lowest BCUT2D eigenvalue weighted by atomic mass is 9.91. The van der Waals surface area contributed by atoms with Crippen molar-refractivity contribution in [3.05, 3.63) is 35.4 Å². The van der Waals surface area contributed by atoms with Gasteiger partial charge in [0, 0.05) is 13.1 Å². The summed E-state index contributed by atoms with van der Waals surface area (Å²) >= 11 is 0. The van der Waals surface area contributed by atoms with E-state index in [1.54, 1.807) is 4.90 Å². The van der Waals surface area contributed by atoms with E-state index in [0.29, 0.717) is 25.4 Å². The molecule has 1 heterocycles. The highest BCUT2D eigenvalue weighted by molar-refractivity contribution is 5.92. The molecule has 0 spiro atoms. The monoisotopic (exact) mass is 302 g/mol. The van der Waals surface area contributed by atoms with Crippen LogP contribution < -0.4 is 5.32 Å². The van der Waals surface area contributed by atoms with Crippen molar-refractivity contribution in [1.82, 2.24) is 10.2 Å².